The molecule has 0 aliphatic heterocycles. The Morgan fingerprint density at radius 1 is 1.30 bits per heavy atom. The SMILES string of the molecule is C=CCCC.CC1=C(B(O)O)C(=O)CC1C.OB(O)O. The summed E-state index contributed by atoms with van der Waals surface area (Å²) in [5.74, 6) is 0.0318. The lowest BCUT2D eigenvalue weighted by molar-refractivity contribution is -0.114. The average molecular weight is 286 g/mol. The van der Waals surface area contributed by atoms with E-state index in [4.69, 9.17) is 25.1 Å². The molecule has 1 rings (SSSR count). The zero-order valence-corrected chi connectivity index (χ0v) is 12.3. The second-order valence-corrected chi connectivity index (χ2v) is 4.42. The summed E-state index contributed by atoms with van der Waals surface area (Å²) in [6, 6.07) is 0. The maximum Gasteiger partial charge on any atom is 0.631 e. The molecule has 1 unspecified atom stereocenters. The molecule has 0 aromatic heterocycles. The summed E-state index contributed by atoms with van der Waals surface area (Å²) in [7, 11) is -3.76. The second kappa shape index (κ2) is 11.9. The van der Waals surface area contributed by atoms with Gasteiger partial charge in [0.05, 0.1) is 0 Å². The molecule has 8 heteroatoms. The standard InChI is InChI=1S/C7H11BO3.C5H10.BH3O3/c1-4-3-6(9)7(5(4)2)8(10)11;1-3-5-4-2;2-1(3)4/h4,10-11H,3H2,1-2H3;3H,1,4-5H2,2H3;2-4H. The molecular formula is C12H24B2O6. The van der Waals surface area contributed by atoms with Crippen LogP contribution in [-0.4, -0.2) is 45.3 Å². The van der Waals surface area contributed by atoms with E-state index in [1.807, 2.05) is 13.0 Å². The average Bonchev–Trinajstić information content (AvgIpc) is 2.54. The third kappa shape index (κ3) is 9.94. The summed E-state index contributed by atoms with van der Waals surface area (Å²) in [6.07, 6.45) is 4.72. The van der Waals surface area contributed by atoms with Crippen LogP contribution in [0.15, 0.2) is 23.7 Å². The highest BCUT2D eigenvalue weighted by Gasteiger charge is 2.33. The predicted octanol–water partition coefficient (Wildman–Crippen LogP) is -0.155. The number of carbonyl (C=O) groups excluding carboxylic acids is 1. The van der Waals surface area contributed by atoms with Gasteiger partial charge in [-0.15, -0.1) is 6.58 Å². The minimum absolute atomic E-state index is 0.134. The van der Waals surface area contributed by atoms with Gasteiger partial charge in [-0.05, 0) is 19.3 Å². The molecule has 0 amide bonds. The first-order chi connectivity index (χ1) is 9.18. The van der Waals surface area contributed by atoms with Gasteiger partial charge < -0.3 is 25.1 Å². The number of allylic oxidation sites excluding steroid dienone is 3. The Labute approximate surface area is 120 Å². The molecule has 1 aliphatic carbocycles. The lowest BCUT2D eigenvalue weighted by atomic mass is 9.76. The van der Waals surface area contributed by atoms with Crippen molar-refractivity contribution in [1.82, 2.24) is 0 Å². The van der Waals surface area contributed by atoms with Crippen LogP contribution >= 0.6 is 0 Å². The normalized spacial score (nSPS) is 16.8. The number of hydrogen-bond donors (Lipinski definition) is 5. The summed E-state index contributed by atoms with van der Waals surface area (Å²) < 4.78 is 0. The largest absolute Gasteiger partial charge is 0.631 e. The number of unbranched alkanes of at least 4 members (excludes halogenated alkanes) is 1. The van der Waals surface area contributed by atoms with Gasteiger partial charge in [-0.2, -0.15) is 0 Å². The molecule has 0 radical (unpaired) electrons. The van der Waals surface area contributed by atoms with Crippen molar-refractivity contribution in [2.75, 3.05) is 0 Å². The molecule has 20 heavy (non-hydrogen) atoms. The van der Waals surface area contributed by atoms with Crippen molar-refractivity contribution in [3.05, 3.63) is 23.7 Å². The predicted molar refractivity (Wildman–Crippen MR) is 79.2 cm³/mol. The van der Waals surface area contributed by atoms with Crippen molar-refractivity contribution in [2.45, 2.75) is 40.0 Å². The highest BCUT2D eigenvalue weighted by Crippen LogP contribution is 2.28. The van der Waals surface area contributed by atoms with Gasteiger partial charge in [0.15, 0.2) is 5.78 Å². The Balaban J connectivity index is 0. The zero-order chi connectivity index (χ0) is 16.3. The molecule has 6 nitrogen and oxygen atoms in total. The van der Waals surface area contributed by atoms with Crippen LogP contribution in [0.2, 0.25) is 0 Å². The minimum atomic E-state index is -2.17. The van der Waals surface area contributed by atoms with Crippen molar-refractivity contribution in [1.29, 1.82) is 0 Å². The van der Waals surface area contributed by atoms with Gasteiger partial charge in [-0.3, -0.25) is 4.79 Å². The van der Waals surface area contributed by atoms with Crippen LogP contribution in [0.3, 0.4) is 0 Å². The fourth-order valence-corrected chi connectivity index (χ4v) is 1.58. The summed E-state index contributed by atoms with van der Waals surface area (Å²) >= 11 is 0. The molecule has 0 saturated heterocycles. The van der Waals surface area contributed by atoms with E-state index in [0.717, 1.165) is 12.0 Å². The lowest BCUT2D eigenvalue weighted by Crippen LogP contribution is -2.20. The van der Waals surface area contributed by atoms with Crippen LogP contribution in [0, 0.1) is 5.92 Å². The van der Waals surface area contributed by atoms with E-state index in [1.54, 1.807) is 6.92 Å². The van der Waals surface area contributed by atoms with Crippen molar-refractivity contribution in [2.24, 2.45) is 5.92 Å². The molecular weight excluding hydrogens is 262 g/mol. The van der Waals surface area contributed by atoms with Crippen LogP contribution < -0.4 is 0 Å². The number of carbonyl (C=O) groups is 1. The van der Waals surface area contributed by atoms with E-state index in [2.05, 4.69) is 13.5 Å². The molecule has 114 valence electrons. The summed E-state index contributed by atoms with van der Waals surface area (Å²) in [5.41, 5.74) is 1.00. The monoisotopic (exact) mass is 286 g/mol. The summed E-state index contributed by atoms with van der Waals surface area (Å²) in [6.45, 7) is 9.36. The molecule has 1 atom stereocenters. The minimum Gasteiger partial charge on any atom is -0.423 e. The van der Waals surface area contributed by atoms with Crippen molar-refractivity contribution < 1.29 is 29.9 Å². The maximum atomic E-state index is 11.1. The van der Waals surface area contributed by atoms with Gasteiger partial charge in [0.25, 0.3) is 0 Å². The van der Waals surface area contributed by atoms with Crippen LogP contribution in [0.25, 0.3) is 0 Å². The first-order valence-electron chi connectivity index (χ1n) is 6.44. The van der Waals surface area contributed by atoms with Gasteiger partial charge in [0.1, 0.15) is 0 Å². The first-order valence-corrected chi connectivity index (χ1v) is 6.44. The number of Topliss-reactive ketones (excluding diaryl/α,β-unsaturated/α-hetero) is 1. The van der Waals surface area contributed by atoms with E-state index >= 15 is 0 Å². The fourth-order valence-electron chi connectivity index (χ4n) is 1.58. The molecule has 0 bridgehead atoms. The van der Waals surface area contributed by atoms with Crippen LogP contribution in [0.1, 0.15) is 40.0 Å². The second-order valence-electron chi connectivity index (χ2n) is 4.42. The fraction of sp³-hybridized carbons (Fsp3) is 0.583. The van der Waals surface area contributed by atoms with Crippen LogP contribution in [0.5, 0.6) is 0 Å². The van der Waals surface area contributed by atoms with E-state index in [9.17, 15) is 4.79 Å². The number of rotatable bonds is 3. The van der Waals surface area contributed by atoms with Gasteiger partial charge in [0.2, 0.25) is 0 Å². The molecule has 0 spiro atoms. The number of ketones is 1. The third-order valence-corrected chi connectivity index (χ3v) is 2.71. The van der Waals surface area contributed by atoms with E-state index in [1.165, 1.54) is 6.42 Å². The molecule has 0 fully saturated rings. The number of hydrogen-bond acceptors (Lipinski definition) is 6. The smallest absolute Gasteiger partial charge is 0.423 e. The summed E-state index contributed by atoms with van der Waals surface area (Å²) in [4.78, 5) is 11.1. The molecule has 1 aliphatic rings. The van der Waals surface area contributed by atoms with Gasteiger partial charge in [-0.1, -0.05) is 31.9 Å². The quantitative estimate of drug-likeness (QED) is 0.363. The lowest BCUT2D eigenvalue weighted by Gasteiger charge is -2.01. The van der Waals surface area contributed by atoms with Crippen molar-refractivity contribution in [3.8, 4) is 0 Å². The van der Waals surface area contributed by atoms with Gasteiger partial charge in [-0.25, -0.2) is 0 Å². The Morgan fingerprint density at radius 3 is 1.85 bits per heavy atom. The summed E-state index contributed by atoms with van der Waals surface area (Å²) in [5, 5.41) is 39.1. The van der Waals surface area contributed by atoms with Crippen LogP contribution in [0.4, 0.5) is 0 Å². The Morgan fingerprint density at radius 2 is 1.75 bits per heavy atom. The highest BCUT2D eigenvalue weighted by molar-refractivity contribution is 6.59. The highest BCUT2D eigenvalue weighted by atomic mass is 16.5. The van der Waals surface area contributed by atoms with Gasteiger partial charge in [0, 0.05) is 11.9 Å². The van der Waals surface area contributed by atoms with Crippen molar-refractivity contribution in [3.63, 3.8) is 0 Å². The Bertz CT molecular complexity index is 325. The van der Waals surface area contributed by atoms with E-state index in [-0.39, 0.29) is 17.2 Å². The van der Waals surface area contributed by atoms with Crippen molar-refractivity contribution >= 4 is 20.2 Å². The van der Waals surface area contributed by atoms with Crippen LogP contribution in [-0.2, 0) is 4.79 Å². The maximum absolute atomic E-state index is 11.1. The topological polar surface area (TPSA) is 118 Å². The zero-order valence-electron chi connectivity index (χ0n) is 12.3. The first kappa shape index (κ1) is 21.4. The van der Waals surface area contributed by atoms with E-state index in [0.29, 0.717) is 6.42 Å². The molecule has 0 heterocycles. The third-order valence-electron chi connectivity index (χ3n) is 2.71. The molecule has 5 N–H and O–H groups in total. The van der Waals surface area contributed by atoms with E-state index < -0.39 is 14.4 Å². The van der Waals surface area contributed by atoms with Gasteiger partial charge >= 0.3 is 14.4 Å². The molecule has 0 aromatic rings. The molecule has 0 aromatic carbocycles. The molecule has 0 saturated carbocycles. The Hall–Kier alpha value is -0.920. The Kier molecular flexibility index (Phi) is 12.7.